The molecule has 0 aliphatic rings. The summed E-state index contributed by atoms with van der Waals surface area (Å²) in [4.78, 5) is 15.1. The van der Waals surface area contributed by atoms with Gasteiger partial charge in [-0.2, -0.15) is 0 Å². The Hall–Kier alpha value is -1.69. The monoisotopic (exact) mass is 239 g/mol. The van der Waals surface area contributed by atoms with E-state index in [9.17, 15) is 4.79 Å². The topological polar surface area (TPSA) is 63.2 Å². The van der Waals surface area contributed by atoms with Crippen LogP contribution in [-0.4, -0.2) is 22.8 Å². The van der Waals surface area contributed by atoms with Crippen LogP contribution < -0.4 is 10.6 Å². The molecule has 16 heavy (non-hydrogen) atoms. The van der Waals surface area contributed by atoms with Crippen molar-refractivity contribution in [1.82, 2.24) is 15.6 Å². The fourth-order valence-corrected chi connectivity index (χ4v) is 1.13. The van der Waals surface area contributed by atoms with Gasteiger partial charge in [-0.25, -0.2) is 4.79 Å². The summed E-state index contributed by atoms with van der Waals surface area (Å²) in [5.41, 5.74) is 0.843. The zero-order valence-electron chi connectivity index (χ0n) is 8.90. The summed E-state index contributed by atoms with van der Waals surface area (Å²) in [6.07, 6.45) is 1.14. The molecule has 0 spiro atoms. The van der Waals surface area contributed by atoms with Gasteiger partial charge in [-0.15, -0.1) is 0 Å². The van der Waals surface area contributed by atoms with Crippen molar-refractivity contribution in [3.05, 3.63) is 30.1 Å². The van der Waals surface area contributed by atoms with E-state index in [1.54, 1.807) is 13.1 Å². The molecule has 0 unspecified atom stereocenters. The van der Waals surface area contributed by atoms with Gasteiger partial charge in [-0.3, -0.25) is 10.3 Å². The summed E-state index contributed by atoms with van der Waals surface area (Å²) in [6.45, 7) is 2.50. The largest absolute Gasteiger partial charge is 0.450 e. The molecule has 0 atom stereocenters. The Kier molecular flexibility index (Phi) is 5.21. The van der Waals surface area contributed by atoms with Crippen molar-refractivity contribution in [2.75, 3.05) is 6.61 Å². The summed E-state index contributed by atoms with van der Waals surface area (Å²) in [7, 11) is 0. The molecule has 86 valence electrons. The number of hydrogen-bond acceptors (Lipinski definition) is 4. The zero-order valence-corrected chi connectivity index (χ0v) is 9.71. The molecule has 0 fully saturated rings. The summed E-state index contributed by atoms with van der Waals surface area (Å²) >= 11 is 4.89. The molecule has 1 amide bonds. The van der Waals surface area contributed by atoms with Crippen LogP contribution in [0.25, 0.3) is 0 Å². The molecule has 0 bridgehead atoms. The fourth-order valence-electron chi connectivity index (χ4n) is 0.978. The van der Waals surface area contributed by atoms with Crippen LogP contribution >= 0.6 is 12.2 Å². The molecule has 0 saturated carbocycles. The normalized spacial score (nSPS) is 9.31. The van der Waals surface area contributed by atoms with Gasteiger partial charge in [0.1, 0.15) is 0 Å². The van der Waals surface area contributed by atoms with E-state index in [4.69, 9.17) is 12.2 Å². The van der Waals surface area contributed by atoms with E-state index in [-0.39, 0.29) is 5.11 Å². The third-order valence-corrected chi connectivity index (χ3v) is 1.89. The second-order valence-electron chi connectivity index (χ2n) is 2.85. The van der Waals surface area contributed by atoms with Crippen LogP contribution in [0.15, 0.2) is 24.4 Å². The summed E-state index contributed by atoms with van der Waals surface area (Å²) in [5, 5.41) is 5.45. The lowest BCUT2D eigenvalue weighted by molar-refractivity contribution is 0.157. The molecule has 0 aliphatic heterocycles. The van der Waals surface area contributed by atoms with Gasteiger partial charge in [0, 0.05) is 6.20 Å². The summed E-state index contributed by atoms with van der Waals surface area (Å²) in [6, 6.07) is 5.57. The van der Waals surface area contributed by atoms with E-state index in [1.165, 1.54) is 0 Å². The maximum atomic E-state index is 11.0. The molecule has 0 saturated heterocycles. The number of amides is 1. The first-order valence-electron chi connectivity index (χ1n) is 4.84. The number of aromatic nitrogens is 1. The maximum absolute atomic E-state index is 11.0. The quantitative estimate of drug-likeness (QED) is 0.776. The molecular formula is C10H13N3O2S. The fraction of sp³-hybridized carbons (Fsp3) is 0.300. The van der Waals surface area contributed by atoms with E-state index < -0.39 is 6.09 Å². The Morgan fingerprint density at radius 3 is 3.00 bits per heavy atom. The number of rotatable bonds is 3. The number of hydrogen-bond donors (Lipinski definition) is 2. The van der Waals surface area contributed by atoms with Crippen LogP contribution in [0.4, 0.5) is 4.79 Å². The molecule has 0 aromatic carbocycles. The Bertz CT molecular complexity index is 356. The van der Waals surface area contributed by atoms with E-state index in [2.05, 4.69) is 20.4 Å². The predicted molar refractivity (Wildman–Crippen MR) is 63.8 cm³/mol. The Labute approximate surface area is 99.2 Å². The number of thiocarbonyl (C=S) groups is 1. The van der Waals surface area contributed by atoms with Crippen LogP contribution in [0.1, 0.15) is 12.6 Å². The number of carbonyl (C=O) groups excluding carboxylic acids is 1. The second-order valence-corrected chi connectivity index (χ2v) is 3.26. The number of pyridine rings is 1. The Morgan fingerprint density at radius 1 is 1.56 bits per heavy atom. The molecule has 5 nitrogen and oxygen atoms in total. The third-order valence-electron chi connectivity index (χ3n) is 1.65. The van der Waals surface area contributed by atoms with Crippen molar-refractivity contribution >= 4 is 23.4 Å². The predicted octanol–water partition coefficient (Wildman–Crippen LogP) is 1.20. The van der Waals surface area contributed by atoms with Crippen molar-refractivity contribution in [2.45, 2.75) is 13.5 Å². The second kappa shape index (κ2) is 6.73. The Morgan fingerprint density at radius 2 is 2.38 bits per heavy atom. The lowest BCUT2D eigenvalue weighted by Crippen LogP contribution is -2.39. The van der Waals surface area contributed by atoms with E-state index in [1.807, 2.05) is 18.2 Å². The third kappa shape index (κ3) is 4.70. The van der Waals surface area contributed by atoms with E-state index in [0.29, 0.717) is 13.2 Å². The average molecular weight is 239 g/mol. The first-order valence-corrected chi connectivity index (χ1v) is 5.24. The van der Waals surface area contributed by atoms with Crippen LogP contribution in [0.2, 0.25) is 0 Å². The van der Waals surface area contributed by atoms with Crippen LogP contribution in [0.3, 0.4) is 0 Å². The highest BCUT2D eigenvalue weighted by Crippen LogP contribution is 1.91. The lowest BCUT2D eigenvalue weighted by atomic mass is 10.3. The Balaban J connectivity index is 2.28. The van der Waals surface area contributed by atoms with E-state index in [0.717, 1.165) is 5.69 Å². The van der Waals surface area contributed by atoms with Gasteiger partial charge >= 0.3 is 6.09 Å². The lowest BCUT2D eigenvalue weighted by Gasteiger charge is -2.08. The summed E-state index contributed by atoms with van der Waals surface area (Å²) in [5.74, 6) is 0. The number of carbonyl (C=O) groups is 1. The van der Waals surface area contributed by atoms with Crippen LogP contribution in [0, 0.1) is 0 Å². The van der Waals surface area contributed by atoms with Crippen molar-refractivity contribution in [2.24, 2.45) is 0 Å². The molecule has 0 aliphatic carbocycles. The van der Waals surface area contributed by atoms with Gasteiger partial charge in [0.2, 0.25) is 0 Å². The average Bonchev–Trinajstić information content (AvgIpc) is 2.28. The summed E-state index contributed by atoms with van der Waals surface area (Å²) < 4.78 is 4.67. The molecule has 6 heteroatoms. The molecule has 1 aromatic rings. The van der Waals surface area contributed by atoms with E-state index >= 15 is 0 Å². The molecular weight excluding hydrogens is 226 g/mol. The minimum atomic E-state index is -0.555. The molecule has 1 heterocycles. The standard InChI is InChI=1S/C10H13N3O2S/c1-2-15-10(14)13-9(16)12-7-8-5-3-4-6-11-8/h3-6H,2,7H2,1H3,(H2,12,13,14,16). The van der Waals surface area contributed by atoms with Gasteiger partial charge in [-0.05, 0) is 31.3 Å². The van der Waals surface area contributed by atoms with Gasteiger partial charge in [0.25, 0.3) is 0 Å². The molecule has 1 rings (SSSR count). The number of alkyl carbamates (subject to hydrolysis) is 1. The van der Waals surface area contributed by atoms with Crippen molar-refractivity contribution < 1.29 is 9.53 Å². The molecule has 0 radical (unpaired) electrons. The van der Waals surface area contributed by atoms with Crippen LogP contribution in [-0.2, 0) is 11.3 Å². The highest BCUT2D eigenvalue weighted by molar-refractivity contribution is 7.80. The highest BCUT2D eigenvalue weighted by atomic mass is 32.1. The minimum Gasteiger partial charge on any atom is -0.450 e. The number of nitrogens with zero attached hydrogens (tertiary/aromatic N) is 1. The molecule has 1 aromatic heterocycles. The van der Waals surface area contributed by atoms with Crippen molar-refractivity contribution in [1.29, 1.82) is 0 Å². The smallest absolute Gasteiger partial charge is 0.413 e. The first-order chi connectivity index (χ1) is 7.72. The molecule has 2 N–H and O–H groups in total. The van der Waals surface area contributed by atoms with Crippen molar-refractivity contribution in [3.63, 3.8) is 0 Å². The minimum absolute atomic E-state index is 0.226. The van der Waals surface area contributed by atoms with Gasteiger partial charge < -0.3 is 10.1 Å². The van der Waals surface area contributed by atoms with Gasteiger partial charge in [0.05, 0.1) is 18.8 Å². The number of ether oxygens (including phenoxy) is 1. The first kappa shape index (κ1) is 12.4. The van der Waals surface area contributed by atoms with Crippen LogP contribution in [0.5, 0.6) is 0 Å². The SMILES string of the molecule is CCOC(=O)NC(=S)NCc1ccccn1. The zero-order chi connectivity index (χ0) is 11.8. The van der Waals surface area contributed by atoms with Crippen molar-refractivity contribution in [3.8, 4) is 0 Å². The van der Waals surface area contributed by atoms with Gasteiger partial charge in [0.15, 0.2) is 5.11 Å². The van der Waals surface area contributed by atoms with Gasteiger partial charge in [-0.1, -0.05) is 6.07 Å². The maximum Gasteiger partial charge on any atom is 0.413 e. The number of nitrogens with one attached hydrogen (secondary N) is 2. The highest BCUT2D eigenvalue weighted by Gasteiger charge is 2.03.